The minimum Gasteiger partial charge on any atom is -0.339 e. The summed E-state index contributed by atoms with van der Waals surface area (Å²) in [5.41, 5.74) is 0.647. The van der Waals surface area contributed by atoms with Gasteiger partial charge in [-0.2, -0.15) is 10.5 Å². The van der Waals surface area contributed by atoms with Crippen molar-refractivity contribution in [3.63, 3.8) is 0 Å². The van der Waals surface area contributed by atoms with Crippen LogP contribution in [0.1, 0.15) is 33.1 Å². The number of hydrogen-bond acceptors (Lipinski definition) is 5. The molecule has 2 amide bonds. The highest BCUT2D eigenvalue weighted by Gasteiger charge is 2.37. The smallest absolute Gasteiger partial charge is 0.250 e. The Kier molecular flexibility index (Phi) is 8.21. The van der Waals surface area contributed by atoms with Gasteiger partial charge in [-0.25, -0.2) is 0 Å². The van der Waals surface area contributed by atoms with E-state index in [1.807, 2.05) is 25.1 Å². The summed E-state index contributed by atoms with van der Waals surface area (Å²) < 4.78 is 0. The molecule has 0 spiro atoms. The molecule has 6 nitrogen and oxygen atoms in total. The highest BCUT2D eigenvalue weighted by molar-refractivity contribution is 7.99. The number of hydrogen-bond donors (Lipinski definition) is 0. The normalized spacial score (nSPS) is 17.5. The first-order valence-electron chi connectivity index (χ1n) is 7.64. The van der Waals surface area contributed by atoms with Crippen LogP contribution in [-0.2, 0) is 9.59 Å². The van der Waals surface area contributed by atoms with Crippen molar-refractivity contribution in [1.82, 2.24) is 9.80 Å². The van der Waals surface area contributed by atoms with Gasteiger partial charge in [0.15, 0.2) is 0 Å². The molecule has 1 atom stereocenters. The van der Waals surface area contributed by atoms with Crippen LogP contribution in [0.5, 0.6) is 0 Å². The lowest BCUT2D eigenvalue weighted by molar-refractivity contribution is -0.141. The molecule has 0 bridgehead atoms. The Hall–Kier alpha value is -1.99. The molecule has 0 saturated carbocycles. The zero-order valence-electron chi connectivity index (χ0n) is 13.6. The van der Waals surface area contributed by atoms with E-state index in [1.54, 1.807) is 23.6 Å². The van der Waals surface area contributed by atoms with Crippen LogP contribution in [0.25, 0.3) is 0 Å². The van der Waals surface area contributed by atoms with Crippen LogP contribution in [0.3, 0.4) is 0 Å². The largest absolute Gasteiger partial charge is 0.339 e. The van der Waals surface area contributed by atoms with Gasteiger partial charge in [0.05, 0.1) is 30.9 Å². The molecule has 23 heavy (non-hydrogen) atoms. The molecule has 0 unspecified atom stereocenters. The van der Waals surface area contributed by atoms with E-state index in [-0.39, 0.29) is 24.7 Å². The summed E-state index contributed by atoms with van der Waals surface area (Å²) in [6, 6.07) is 3.53. The Bertz CT molecular complexity index is 529. The van der Waals surface area contributed by atoms with Crippen LogP contribution in [0.15, 0.2) is 11.6 Å². The van der Waals surface area contributed by atoms with Crippen molar-refractivity contribution >= 4 is 23.6 Å². The first kappa shape index (κ1) is 19.1. The van der Waals surface area contributed by atoms with Crippen LogP contribution in [0.4, 0.5) is 0 Å². The summed E-state index contributed by atoms with van der Waals surface area (Å²) in [6.07, 6.45) is 3.07. The Morgan fingerprint density at radius 1 is 1.30 bits per heavy atom. The maximum Gasteiger partial charge on any atom is 0.250 e. The van der Waals surface area contributed by atoms with Gasteiger partial charge in [-0.15, -0.1) is 11.8 Å². The van der Waals surface area contributed by atoms with E-state index in [2.05, 4.69) is 0 Å². The molecule has 1 aliphatic heterocycles. The molecule has 1 aliphatic rings. The lowest BCUT2D eigenvalue weighted by Gasteiger charge is -2.29. The summed E-state index contributed by atoms with van der Waals surface area (Å²) >= 11 is 1.55. The van der Waals surface area contributed by atoms with E-state index in [0.29, 0.717) is 30.3 Å². The second-order valence-electron chi connectivity index (χ2n) is 5.23. The second kappa shape index (κ2) is 9.91. The minimum atomic E-state index is -0.509. The Morgan fingerprint density at radius 3 is 2.43 bits per heavy atom. The van der Waals surface area contributed by atoms with Crippen LogP contribution in [0, 0.1) is 22.7 Å². The van der Waals surface area contributed by atoms with Gasteiger partial charge in [0, 0.05) is 24.4 Å². The molecule has 0 aromatic rings. The molecule has 0 aliphatic carbocycles. The van der Waals surface area contributed by atoms with E-state index >= 15 is 0 Å². The van der Waals surface area contributed by atoms with Gasteiger partial charge in [-0.3, -0.25) is 9.59 Å². The van der Waals surface area contributed by atoms with E-state index < -0.39 is 6.04 Å². The highest BCUT2D eigenvalue weighted by atomic mass is 32.2. The number of amides is 2. The molecular weight excluding hydrogens is 312 g/mol. The first-order valence-corrected chi connectivity index (χ1v) is 8.80. The average Bonchev–Trinajstić information content (AvgIpc) is 3.03. The van der Waals surface area contributed by atoms with E-state index in [1.165, 1.54) is 4.90 Å². The quantitative estimate of drug-likeness (QED) is 0.664. The van der Waals surface area contributed by atoms with Gasteiger partial charge in [-0.05, 0) is 13.3 Å². The number of thioether (sulfide) groups is 1. The minimum absolute atomic E-state index is 0.115. The highest BCUT2D eigenvalue weighted by Crippen LogP contribution is 2.24. The molecule has 124 valence electrons. The fourth-order valence-corrected chi connectivity index (χ4v) is 3.53. The summed E-state index contributed by atoms with van der Waals surface area (Å²) in [5, 5.41) is 17.5. The topological polar surface area (TPSA) is 88.2 Å². The van der Waals surface area contributed by atoms with Crippen molar-refractivity contribution in [1.29, 1.82) is 10.5 Å². The van der Waals surface area contributed by atoms with Crippen molar-refractivity contribution < 1.29 is 9.59 Å². The molecule has 1 rings (SSSR count). The van der Waals surface area contributed by atoms with Crippen molar-refractivity contribution in [2.45, 2.75) is 39.2 Å². The van der Waals surface area contributed by atoms with Gasteiger partial charge in [0.1, 0.15) is 6.04 Å². The number of nitriles is 2. The van der Waals surface area contributed by atoms with Crippen molar-refractivity contribution in [3.05, 3.63) is 11.6 Å². The SMILES string of the molecule is CC/C=C(/C)C(=O)N1CSC[C@@H]1C(=O)N(CCC#N)CCC#N. The van der Waals surface area contributed by atoms with Gasteiger partial charge >= 0.3 is 0 Å². The van der Waals surface area contributed by atoms with Crippen LogP contribution in [-0.4, -0.2) is 52.4 Å². The van der Waals surface area contributed by atoms with Crippen LogP contribution >= 0.6 is 11.8 Å². The summed E-state index contributed by atoms with van der Waals surface area (Å²) in [5.74, 6) is 0.766. The van der Waals surface area contributed by atoms with Gasteiger partial charge in [0.25, 0.3) is 5.91 Å². The van der Waals surface area contributed by atoms with Crippen molar-refractivity contribution in [2.75, 3.05) is 24.7 Å². The molecule has 0 radical (unpaired) electrons. The van der Waals surface area contributed by atoms with Crippen LogP contribution in [0.2, 0.25) is 0 Å². The Morgan fingerprint density at radius 2 is 1.91 bits per heavy atom. The third-order valence-electron chi connectivity index (χ3n) is 3.57. The Balaban J connectivity index is 2.85. The number of carbonyl (C=O) groups is 2. The first-order chi connectivity index (χ1) is 11.1. The zero-order chi connectivity index (χ0) is 17.2. The molecular formula is C16H22N4O2S. The second-order valence-corrected chi connectivity index (χ2v) is 6.23. The van der Waals surface area contributed by atoms with E-state index in [0.717, 1.165) is 6.42 Å². The van der Waals surface area contributed by atoms with E-state index in [9.17, 15) is 9.59 Å². The molecule has 1 heterocycles. The molecule has 1 fully saturated rings. The van der Waals surface area contributed by atoms with Crippen molar-refractivity contribution in [2.24, 2.45) is 0 Å². The van der Waals surface area contributed by atoms with E-state index in [4.69, 9.17) is 10.5 Å². The maximum absolute atomic E-state index is 12.7. The number of allylic oxidation sites excluding steroid dienone is 1. The predicted molar refractivity (Wildman–Crippen MR) is 89.0 cm³/mol. The average molecular weight is 334 g/mol. The monoisotopic (exact) mass is 334 g/mol. The number of carbonyl (C=O) groups excluding carboxylic acids is 2. The molecule has 7 heteroatoms. The Labute approximate surface area is 141 Å². The van der Waals surface area contributed by atoms with Gasteiger partial charge in [0.2, 0.25) is 5.91 Å². The standard InChI is InChI=1S/C16H22N4O2S/c1-3-6-13(2)15(21)20-12-23-11-14(20)16(22)19(9-4-7-17)10-5-8-18/h6,14H,3-5,9-12H2,1-2H3/b13-6-/t14-/m1/s1. The fourth-order valence-electron chi connectivity index (χ4n) is 2.38. The zero-order valence-corrected chi connectivity index (χ0v) is 14.4. The van der Waals surface area contributed by atoms with Gasteiger partial charge in [-0.1, -0.05) is 13.0 Å². The maximum atomic E-state index is 12.7. The molecule has 0 N–H and O–H groups in total. The third kappa shape index (κ3) is 5.30. The summed E-state index contributed by atoms with van der Waals surface area (Å²) in [4.78, 5) is 28.3. The molecule has 1 saturated heterocycles. The fraction of sp³-hybridized carbons (Fsp3) is 0.625. The predicted octanol–water partition coefficient (Wildman–Crippen LogP) is 1.90. The summed E-state index contributed by atoms with van der Waals surface area (Å²) in [7, 11) is 0. The number of rotatable bonds is 7. The van der Waals surface area contributed by atoms with Gasteiger partial charge < -0.3 is 9.80 Å². The van der Waals surface area contributed by atoms with Crippen LogP contribution < -0.4 is 0 Å². The van der Waals surface area contributed by atoms with Crippen molar-refractivity contribution in [3.8, 4) is 12.1 Å². The summed E-state index contributed by atoms with van der Waals surface area (Å²) in [6.45, 7) is 4.32. The lowest BCUT2D eigenvalue weighted by atomic mass is 10.1. The lowest BCUT2D eigenvalue weighted by Crippen LogP contribution is -2.49. The molecule has 0 aromatic heterocycles. The number of nitrogens with zero attached hydrogens (tertiary/aromatic N) is 4. The molecule has 0 aromatic carbocycles. The third-order valence-corrected chi connectivity index (χ3v) is 4.59.